The van der Waals surface area contributed by atoms with Gasteiger partial charge in [-0.05, 0) is 48.2 Å². The minimum Gasteiger partial charge on any atom is -0.497 e. The van der Waals surface area contributed by atoms with E-state index in [9.17, 15) is 9.59 Å². The fourth-order valence-electron chi connectivity index (χ4n) is 2.89. The van der Waals surface area contributed by atoms with E-state index in [0.717, 1.165) is 22.6 Å². The van der Waals surface area contributed by atoms with Gasteiger partial charge in [-0.15, -0.1) is 0 Å². The van der Waals surface area contributed by atoms with E-state index < -0.39 is 0 Å². The number of amides is 2. The molecule has 1 aromatic carbocycles. The Morgan fingerprint density at radius 2 is 1.85 bits per heavy atom. The number of pyridine rings is 1. The molecule has 1 aliphatic rings. The van der Waals surface area contributed by atoms with E-state index in [1.165, 1.54) is 0 Å². The average molecular weight is 366 g/mol. The van der Waals surface area contributed by atoms with E-state index in [-0.39, 0.29) is 17.9 Å². The highest BCUT2D eigenvalue weighted by Gasteiger charge is 2.18. The highest BCUT2D eigenvalue weighted by molar-refractivity contribution is 5.94. The Bertz CT molecular complexity index is 819. The Hall–Kier alpha value is -3.22. The first-order valence-corrected chi connectivity index (χ1v) is 8.83. The molecule has 1 aromatic heterocycles. The number of hydrogen-bond acceptors (Lipinski definition) is 5. The van der Waals surface area contributed by atoms with E-state index in [4.69, 9.17) is 4.74 Å². The molecule has 0 fully saturated rings. The maximum atomic E-state index is 12.5. The highest BCUT2D eigenvalue weighted by Crippen LogP contribution is 2.24. The number of aromatic nitrogens is 1. The third-order valence-electron chi connectivity index (χ3n) is 4.41. The van der Waals surface area contributed by atoms with Gasteiger partial charge in [0.15, 0.2) is 0 Å². The van der Waals surface area contributed by atoms with Crippen molar-refractivity contribution < 1.29 is 14.3 Å². The van der Waals surface area contributed by atoms with Gasteiger partial charge in [0.1, 0.15) is 5.75 Å². The van der Waals surface area contributed by atoms with Gasteiger partial charge in [0.05, 0.1) is 13.2 Å². The molecule has 140 valence electrons. The van der Waals surface area contributed by atoms with Crippen molar-refractivity contribution in [2.24, 2.45) is 5.10 Å². The number of ether oxygens (including phenoxy) is 1. The second-order valence-corrected chi connectivity index (χ2v) is 6.27. The monoisotopic (exact) mass is 366 g/mol. The van der Waals surface area contributed by atoms with Crippen LogP contribution in [-0.4, -0.2) is 29.6 Å². The zero-order chi connectivity index (χ0) is 19.1. The van der Waals surface area contributed by atoms with Crippen molar-refractivity contribution in [3.05, 3.63) is 59.9 Å². The molecule has 1 unspecified atom stereocenters. The summed E-state index contributed by atoms with van der Waals surface area (Å²) in [5, 5.41) is 7.10. The van der Waals surface area contributed by atoms with Crippen LogP contribution in [0.2, 0.25) is 0 Å². The number of carbonyl (C=O) groups excluding carboxylic acids is 2. The van der Waals surface area contributed by atoms with Gasteiger partial charge in [0.25, 0.3) is 0 Å². The summed E-state index contributed by atoms with van der Waals surface area (Å²) in [6.07, 6.45) is 5.27. The average Bonchev–Trinajstić information content (AvgIpc) is 2.72. The fraction of sp³-hybridized carbons (Fsp3) is 0.300. The first-order chi connectivity index (χ1) is 13.2. The van der Waals surface area contributed by atoms with E-state index >= 15 is 0 Å². The van der Waals surface area contributed by atoms with Crippen LogP contribution in [0.3, 0.4) is 0 Å². The van der Waals surface area contributed by atoms with Crippen LogP contribution >= 0.6 is 0 Å². The summed E-state index contributed by atoms with van der Waals surface area (Å²) in [6, 6.07) is 11.1. The lowest BCUT2D eigenvalue weighted by molar-refractivity contribution is -0.121. The van der Waals surface area contributed by atoms with E-state index in [0.29, 0.717) is 25.7 Å². The summed E-state index contributed by atoms with van der Waals surface area (Å²) in [6.45, 7) is 0. The summed E-state index contributed by atoms with van der Waals surface area (Å²) in [5.74, 6) is 0.601. The molecule has 1 atom stereocenters. The number of nitrogens with zero attached hydrogens (tertiary/aromatic N) is 2. The predicted octanol–water partition coefficient (Wildman–Crippen LogP) is 2.34. The second-order valence-electron chi connectivity index (χ2n) is 6.27. The van der Waals surface area contributed by atoms with Crippen LogP contribution in [0.5, 0.6) is 5.75 Å². The maximum Gasteiger partial charge on any atom is 0.240 e. The van der Waals surface area contributed by atoms with Crippen molar-refractivity contribution in [3.63, 3.8) is 0 Å². The SMILES string of the molecule is COc1ccc(C(NC(=O)CCC2=NNC(=O)CC2)c2ccncc2)cc1. The van der Waals surface area contributed by atoms with Gasteiger partial charge >= 0.3 is 0 Å². The summed E-state index contributed by atoms with van der Waals surface area (Å²) < 4.78 is 5.21. The van der Waals surface area contributed by atoms with Crippen molar-refractivity contribution in [1.29, 1.82) is 0 Å². The van der Waals surface area contributed by atoms with Crippen LogP contribution in [0.1, 0.15) is 42.9 Å². The van der Waals surface area contributed by atoms with E-state index in [2.05, 4.69) is 20.8 Å². The normalized spacial score (nSPS) is 14.7. The molecule has 27 heavy (non-hydrogen) atoms. The molecule has 2 heterocycles. The van der Waals surface area contributed by atoms with Crippen molar-refractivity contribution in [3.8, 4) is 5.75 Å². The van der Waals surface area contributed by atoms with Crippen LogP contribution in [0, 0.1) is 0 Å². The van der Waals surface area contributed by atoms with Gasteiger partial charge in [0.2, 0.25) is 11.8 Å². The summed E-state index contributed by atoms with van der Waals surface area (Å²) >= 11 is 0. The smallest absolute Gasteiger partial charge is 0.240 e. The number of hydrazone groups is 1. The minimum atomic E-state index is -0.278. The van der Waals surface area contributed by atoms with Crippen LogP contribution in [0.15, 0.2) is 53.9 Å². The summed E-state index contributed by atoms with van der Waals surface area (Å²) in [4.78, 5) is 27.7. The zero-order valence-corrected chi connectivity index (χ0v) is 15.1. The first-order valence-electron chi connectivity index (χ1n) is 8.83. The summed E-state index contributed by atoms with van der Waals surface area (Å²) in [5.41, 5.74) is 5.21. The van der Waals surface area contributed by atoms with E-state index in [1.807, 2.05) is 36.4 Å². The summed E-state index contributed by atoms with van der Waals surface area (Å²) in [7, 11) is 1.62. The molecule has 0 radical (unpaired) electrons. The molecule has 3 rings (SSSR count). The van der Waals surface area contributed by atoms with Gasteiger partial charge in [-0.3, -0.25) is 14.6 Å². The molecule has 7 nitrogen and oxygen atoms in total. The highest BCUT2D eigenvalue weighted by atomic mass is 16.5. The predicted molar refractivity (Wildman–Crippen MR) is 101 cm³/mol. The van der Waals surface area contributed by atoms with Gasteiger partial charge in [-0.2, -0.15) is 5.10 Å². The molecule has 0 aliphatic carbocycles. The number of benzene rings is 1. The molecule has 2 amide bonds. The molecule has 2 aromatic rings. The lowest BCUT2D eigenvalue weighted by Gasteiger charge is -2.20. The Labute approximate surface area is 157 Å². The maximum absolute atomic E-state index is 12.5. The van der Waals surface area contributed by atoms with Crippen LogP contribution in [0.4, 0.5) is 0 Å². The Morgan fingerprint density at radius 3 is 2.48 bits per heavy atom. The molecule has 0 spiro atoms. The molecule has 1 aliphatic heterocycles. The van der Waals surface area contributed by atoms with Gasteiger partial charge in [-0.1, -0.05) is 12.1 Å². The van der Waals surface area contributed by atoms with Crippen molar-refractivity contribution in [2.45, 2.75) is 31.7 Å². The Balaban J connectivity index is 1.69. The van der Waals surface area contributed by atoms with Gasteiger partial charge < -0.3 is 10.1 Å². The molecule has 7 heteroatoms. The number of methoxy groups -OCH3 is 1. The number of hydrogen-bond donors (Lipinski definition) is 2. The van der Waals surface area contributed by atoms with Gasteiger partial charge in [0, 0.05) is 30.9 Å². The number of carbonyl (C=O) groups is 2. The topological polar surface area (TPSA) is 92.7 Å². The molecule has 0 saturated heterocycles. The zero-order valence-electron chi connectivity index (χ0n) is 15.1. The van der Waals surface area contributed by atoms with Crippen molar-refractivity contribution in [1.82, 2.24) is 15.7 Å². The molecule has 0 bridgehead atoms. The quantitative estimate of drug-likeness (QED) is 0.787. The third-order valence-corrected chi connectivity index (χ3v) is 4.41. The largest absolute Gasteiger partial charge is 0.497 e. The van der Waals surface area contributed by atoms with Crippen molar-refractivity contribution >= 4 is 17.5 Å². The molecular formula is C20H22N4O3. The first kappa shape index (κ1) is 18.6. The standard InChI is InChI=1S/C20H22N4O3/c1-27-17-6-2-14(3-7-17)20(15-10-12-21-13-11-15)22-18(25)8-4-16-5-9-19(26)24-23-16/h2-3,6-7,10-13,20H,4-5,8-9H2,1H3,(H,22,25)(H,24,26). The molecule has 2 N–H and O–H groups in total. The van der Waals surface area contributed by atoms with Crippen LogP contribution in [0.25, 0.3) is 0 Å². The van der Waals surface area contributed by atoms with Gasteiger partial charge in [-0.25, -0.2) is 5.43 Å². The Kier molecular flexibility index (Phi) is 6.14. The Morgan fingerprint density at radius 1 is 1.15 bits per heavy atom. The molecular weight excluding hydrogens is 344 g/mol. The molecule has 0 saturated carbocycles. The minimum absolute atomic E-state index is 0.0766. The lowest BCUT2D eigenvalue weighted by atomic mass is 9.99. The number of rotatable bonds is 7. The second kappa shape index (κ2) is 8.93. The van der Waals surface area contributed by atoms with Crippen molar-refractivity contribution in [2.75, 3.05) is 7.11 Å². The van der Waals surface area contributed by atoms with Crippen LogP contribution < -0.4 is 15.5 Å². The number of nitrogens with one attached hydrogen (secondary N) is 2. The fourth-order valence-corrected chi connectivity index (χ4v) is 2.89. The van der Waals surface area contributed by atoms with Crippen LogP contribution in [-0.2, 0) is 9.59 Å². The van der Waals surface area contributed by atoms with E-state index in [1.54, 1.807) is 19.5 Å². The third kappa shape index (κ3) is 5.13. The lowest BCUT2D eigenvalue weighted by Crippen LogP contribution is -2.30.